The summed E-state index contributed by atoms with van der Waals surface area (Å²) < 4.78 is 0. The number of aromatic nitrogens is 2. The molecule has 3 rings (SSSR count). The van der Waals surface area contributed by atoms with Gasteiger partial charge in [0.05, 0.1) is 23.5 Å². The van der Waals surface area contributed by atoms with Crippen LogP contribution in [0.15, 0.2) is 58.2 Å². The number of aromatic amines is 1. The monoisotopic (exact) mass is 396 g/mol. The molecule has 1 unspecified atom stereocenters. The fraction of sp³-hybridized carbons (Fsp3) is 0.286. The lowest BCUT2D eigenvalue weighted by atomic mass is 10.2. The maximum Gasteiger partial charge on any atom is 0.258 e. The molecular weight excluding hydrogens is 372 g/mol. The van der Waals surface area contributed by atoms with Crippen LogP contribution in [-0.4, -0.2) is 39.6 Å². The molecule has 28 heavy (non-hydrogen) atoms. The molecule has 0 aliphatic rings. The Morgan fingerprint density at radius 3 is 2.61 bits per heavy atom. The average molecular weight is 397 g/mol. The highest BCUT2D eigenvalue weighted by Crippen LogP contribution is 2.18. The summed E-state index contributed by atoms with van der Waals surface area (Å²) in [4.78, 5) is 35.4. The molecule has 0 aliphatic heterocycles. The van der Waals surface area contributed by atoms with Crippen LogP contribution in [0, 0.1) is 0 Å². The molecule has 0 spiro atoms. The summed E-state index contributed by atoms with van der Waals surface area (Å²) >= 11 is 1.66. The Hall–Kier alpha value is -2.64. The van der Waals surface area contributed by atoms with Gasteiger partial charge in [-0.15, -0.1) is 11.8 Å². The highest BCUT2D eigenvalue weighted by Gasteiger charge is 2.21. The molecule has 1 heterocycles. The molecule has 6 nitrogen and oxygen atoms in total. The molecule has 0 aliphatic carbocycles. The SMILES string of the molecule is CCN(Cc1nc2ccccc2c(=O)[nH]1)C(C)C(=O)Nc1ccc(SC)cc1. The van der Waals surface area contributed by atoms with E-state index >= 15 is 0 Å². The van der Waals surface area contributed by atoms with Crippen LogP contribution >= 0.6 is 11.8 Å². The first kappa shape index (κ1) is 20.1. The second-order valence-corrected chi connectivity index (χ2v) is 7.37. The van der Waals surface area contributed by atoms with E-state index in [0.29, 0.717) is 29.8 Å². The van der Waals surface area contributed by atoms with Gasteiger partial charge in [-0.25, -0.2) is 4.98 Å². The Labute approximate surface area is 168 Å². The minimum Gasteiger partial charge on any atom is -0.325 e. The summed E-state index contributed by atoms with van der Waals surface area (Å²) in [5, 5.41) is 3.52. The first-order chi connectivity index (χ1) is 13.5. The Bertz CT molecular complexity index is 1020. The van der Waals surface area contributed by atoms with E-state index in [9.17, 15) is 9.59 Å². The normalized spacial score (nSPS) is 12.3. The molecule has 7 heteroatoms. The van der Waals surface area contributed by atoms with Crippen LogP contribution in [0.25, 0.3) is 10.9 Å². The van der Waals surface area contributed by atoms with Gasteiger partial charge in [-0.05, 0) is 56.1 Å². The van der Waals surface area contributed by atoms with Crippen molar-refractivity contribution in [2.24, 2.45) is 0 Å². The maximum atomic E-state index is 12.7. The third-order valence-electron chi connectivity index (χ3n) is 4.71. The zero-order chi connectivity index (χ0) is 20.1. The Morgan fingerprint density at radius 2 is 1.93 bits per heavy atom. The number of anilines is 1. The molecule has 0 saturated carbocycles. The molecule has 2 aromatic carbocycles. The number of carbonyl (C=O) groups excluding carboxylic acids is 1. The van der Waals surface area contributed by atoms with Crippen molar-refractivity contribution in [1.82, 2.24) is 14.9 Å². The van der Waals surface area contributed by atoms with Crippen LogP contribution in [0.1, 0.15) is 19.7 Å². The smallest absolute Gasteiger partial charge is 0.258 e. The second kappa shape index (κ2) is 9.03. The number of hydrogen-bond acceptors (Lipinski definition) is 5. The highest BCUT2D eigenvalue weighted by atomic mass is 32.2. The van der Waals surface area contributed by atoms with Crippen LogP contribution in [-0.2, 0) is 11.3 Å². The number of fused-ring (bicyclic) bond motifs is 1. The number of rotatable bonds is 7. The molecular formula is C21H24N4O2S. The lowest BCUT2D eigenvalue weighted by Gasteiger charge is -2.26. The van der Waals surface area contributed by atoms with E-state index in [1.165, 1.54) is 0 Å². The van der Waals surface area contributed by atoms with Crippen molar-refractivity contribution in [3.05, 3.63) is 64.7 Å². The van der Waals surface area contributed by atoms with Gasteiger partial charge in [0.1, 0.15) is 5.82 Å². The van der Waals surface area contributed by atoms with Gasteiger partial charge in [-0.1, -0.05) is 19.1 Å². The van der Waals surface area contributed by atoms with E-state index in [1.807, 2.05) is 67.5 Å². The number of thioether (sulfide) groups is 1. The van der Waals surface area contributed by atoms with Gasteiger partial charge >= 0.3 is 0 Å². The summed E-state index contributed by atoms with van der Waals surface area (Å²) in [7, 11) is 0. The number of para-hydroxylation sites is 1. The number of amides is 1. The van der Waals surface area contributed by atoms with Crippen molar-refractivity contribution in [3.63, 3.8) is 0 Å². The number of hydrogen-bond donors (Lipinski definition) is 2. The van der Waals surface area contributed by atoms with Gasteiger partial charge in [0.15, 0.2) is 0 Å². The lowest BCUT2D eigenvalue weighted by molar-refractivity contribution is -0.120. The second-order valence-electron chi connectivity index (χ2n) is 6.49. The topological polar surface area (TPSA) is 78.1 Å². The number of likely N-dealkylation sites (N-methyl/N-ethyl adjacent to an activating group) is 1. The van der Waals surface area contributed by atoms with Crippen LogP contribution in [0.3, 0.4) is 0 Å². The van der Waals surface area contributed by atoms with Gasteiger partial charge in [0.25, 0.3) is 5.56 Å². The van der Waals surface area contributed by atoms with Gasteiger partial charge in [-0.3, -0.25) is 14.5 Å². The highest BCUT2D eigenvalue weighted by molar-refractivity contribution is 7.98. The number of benzene rings is 2. The predicted molar refractivity (Wildman–Crippen MR) is 115 cm³/mol. The molecule has 1 aromatic heterocycles. The van der Waals surface area contributed by atoms with E-state index in [4.69, 9.17) is 0 Å². The van der Waals surface area contributed by atoms with E-state index < -0.39 is 0 Å². The summed E-state index contributed by atoms with van der Waals surface area (Å²) in [6.07, 6.45) is 2.01. The molecule has 0 saturated heterocycles. The van der Waals surface area contributed by atoms with Crippen LogP contribution < -0.4 is 10.9 Å². The van der Waals surface area contributed by atoms with Crippen molar-refractivity contribution in [2.45, 2.75) is 31.3 Å². The molecule has 0 bridgehead atoms. The molecule has 2 N–H and O–H groups in total. The molecule has 0 fully saturated rings. The molecule has 1 amide bonds. The minimum absolute atomic E-state index is 0.0955. The fourth-order valence-corrected chi connectivity index (χ4v) is 3.42. The molecule has 146 valence electrons. The third kappa shape index (κ3) is 4.61. The summed E-state index contributed by atoms with van der Waals surface area (Å²) in [5.41, 5.74) is 1.26. The standard InChI is InChI=1S/C21H24N4O2S/c1-4-25(13-19-23-18-8-6-5-7-17(18)21(27)24-19)14(2)20(26)22-15-9-11-16(28-3)12-10-15/h5-12,14H,4,13H2,1-3H3,(H,22,26)(H,23,24,27). The van der Waals surface area contributed by atoms with E-state index in [-0.39, 0.29) is 17.5 Å². The Kier molecular flexibility index (Phi) is 6.49. The zero-order valence-corrected chi connectivity index (χ0v) is 17.0. The van der Waals surface area contributed by atoms with E-state index in [2.05, 4.69) is 15.3 Å². The van der Waals surface area contributed by atoms with Gasteiger partial charge in [0, 0.05) is 10.6 Å². The third-order valence-corrected chi connectivity index (χ3v) is 5.45. The predicted octanol–water partition coefficient (Wildman–Crippen LogP) is 3.49. The number of nitrogens with zero attached hydrogens (tertiary/aromatic N) is 2. The molecule has 3 aromatic rings. The molecule has 1 atom stereocenters. The fourth-order valence-electron chi connectivity index (χ4n) is 3.01. The van der Waals surface area contributed by atoms with Crippen molar-refractivity contribution >= 4 is 34.3 Å². The van der Waals surface area contributed by atoms with Gasteiger partial charge < -0.3 is 10.3 Å². The molecule has 0 radical (unpaired) electrons. The van der Waals surface area contributed by atoms with E-state index in [0.717, 1.165) is 10.6 Å². The van der Waals surface area contributed by atoms with Gasteiger partial charge in [0.2, 0.25) is 5.91 Å². The number of carbonyl (C=O) groups is 1. The van der Waals surface area contributed by atoms with Gasteiger partial charge in [-0.2, -0.15) is 0 Å². The average Bonchev–Trinajstić information content (AvgIpc) is 2.72. The Morgan fingerprint density at radius 1 is 1.21 bits per heavy atom. The first-order valence-electron chi connectivity index (χ1n) is 9.18. The van der Waals surface area contributed by atoms with Crippen molar-refractivity contribution in [3.8, 4) is 0 Å². The summed E-state index contributed by atoms with van der Waals surface area (Å²) in [5.74, 6) is 0.455. The lowest BCUT2D eigenvalue weighted by Crippen LogP contribution is -2.42. The summed E-state index contributed by atoms with van der Waals surface area (Å²) in [6.45, 7) is 4.87. The largest absolute Gasteiger partial charge is 0.325 e. The van der Waals surface area contributed by atoms with Crippen molar-refractivity contribution < 1.29 is 4.79 Å². The Balaban J connectivity index is 1.73. The number of H-pyrrole nitrogens is 1. The maximum absolute atomic E-state index is 12.7. The summed E-state index contributed by atoms with van der Waals surface area (Å²) in [6, 6.07) is 14.6. The number of nitrogens with one attached hydrogen (secondary N) is 2. The van der Waals surface area contributed by atoms with Crippen molar-refractivity contribution in [2.75, 3.05) is 18.1 Å². The minimum atomic E-state index is -0.373. The quantitative estimate of drug-likeness (QED) is 0.598. The first-order valence-corrected chi connectivity index (χ1v) is 10.4. The zero-order valence-electron chi connectivity index (χ0n) is 16.2. The van der Waals surface area contributed by atoms with Crippen LogP contribution in [0.4, 0.5) is 5.69 Å². The van der Waals surface area contributed by atoms with Crippen LogP contribution in [0.2, 0.25) is 0 Å². The van der Waals surface area contributed by atoms with E-state index in [1.54, 1.807) is 17.8 Å². The van der Waals surface area contributed by atoms with Crippen molar-refractivity contribution in [1.29, 1.82) is 0 Å². The van der Waals surface area contributed by atoms with Crippen LogP contribution in [0.5, 0.6) is 0 Å².